The van der Waals surface area contributed by atoms with Crippen molar-refractivity contribution in [2.75, 3.05) is 0 Å². The normalized spacial score (nSPS) is 13.2. The number of hydrogen-bond donors (Lipinski definition) is 1. The fourth-order valence-electron chi connectivity index (χ4n) is 1.69. The van der Waals surface area contributed by atoms with E-state index in [1.54, 1.807) is 0 Å². The number of alkyl halides is 3. The van der Waals surface area contributed by atoms with E-state index in [1.807, 2.05) is 6.92 Å². The highest BCUT2D eigenvalue weighted by molar-refractivity contribution is 5.54. The second-order valence-electron chi connectivity index (χ2n) is 4.33. The van der Waals surface area contributed by atoms with Gasteiger partial charge in [0.15, 0.2) is 0 Å². The number of halogens is 3. The first kappa shape index (κ1) is 15.3. The summed E-state index contributed by atoms with van der Waals surface area (Å²) in [4.78, 5) is 4.01. The highest BCUT2D eigenvalue weighted by atomic mass is 19.4. The Kier molecular flexibility index (Phi) is 4.46. The van der Waals surface area contributed by atoms with Gasteiger partial charge in [0.25, 0.3) is 5.89 Å². The maximum atomic E-state index is 12.0. The molecule has 0 aliphatic carbocycles. The smallest absolute Gasteiger partial charge is 0.406 e. The van der Waals surface area contributed by atoms with Gasteiger partial charge in [-0.3, -0.25) is 0 Å². The van der Waals surface area contributed by atoms with E-state index < -0.39 is 12.5 Å². The minimum atomic E-state index is -4.73. The Hall–Kier alpha value is -2.09. The van der Waals surface area contributed by atoms with Crippen LogP contribution >= 0.6 is 0 Å². The molecule has 0 spiro atoms. The molecule has 0 amide bonds. The Morgan fingerprint density at radius 3 is 2.52 bits per heavy atom. The number of nitrogens with zero attached hydrogens (tertiary/aromatic N) is 2. The average Bonchev–Trinajstić information content (AvgIpc) is 2.87. The number of aromatic nitrogens is 2. The molecule has 1 atom stereocenters. The third kappa shape index (κ3) is 4.19. The summed E-state index contributed by atoms with van der Waals surface area (Å²) in [6.07, 6.45) is -4.30. The lowest BCUT2D eigenvalue weighted by atomic mass is 10.2. The molecule has 0 saturated carbocycles. The zero-order valence-corrected chi connectivity index (χ0v) is 11.1. The molecule has 0 aliphatic heterocycles. The first-order valence-corrected chi connectivity index (χ1v) is 6.27. The van der Waals surface area contributed by atoms with Crippen LogP contribution in [0.2, 0.25) is 0 Å². The largest absolute Gasteiger partial charge is 0.573 e. The van der Waals surface area contributed by atoms with Crippen molar-refractivity contribution in [2.45, 2.75) is 32.2 Å². The van der Waals surface area contributed by atoms with Crippen molar-refractivity contribution >= 4 is 0 Å². The lowest BCUT2D eigenvalue weighted by Gasteiger charge is -2.08. The molecule has 21 heavy (non-hydrogen) atoms. The molecule has 1 aromatic carbocycles. The van der Waals surface area contributed by atoms with Crippen molar-refractivity contribution in [3.8, 4) is 17.2 Å². The Bertz CT molecular complexity index is 581. The first-order chi connectivity index (χ1) is 9.89. The maximum Gasteiger partial charge on any atom is 0.573 e. The number of aliphatic hydroxyl groups excluding tert-OH is 1. The lowest BCUT2D eigenvalue weighted by molar-refractivity contribution is -0.274. The van der Waals surface area contributed by atoms with Crippen LogP contribution in [0.5, 0.6) is 5.75 Å². The quantitative estimate of drug-likeness (QED) is 0.916. The highest BCUT2D eigenvalue weighted by Gasteiger charge is 2.31. The van der Waals surface area contributed by atoms with E-state index in [-0.39, 0.29) is 17.5 Å². The summed E-state index contributed by atoms with van der Waals surface area (Å²) in [7, 11) is 0. The molecule has 5 nitrogen and oxygen atoms in total. The summed E-state index contributed by atoms with van der Waals surface area (Å²) in [5, 5.41) is 13.4. The molecular weight excluding hydrogens is 289 g/mol. The zero-order valence-electron chi connectivity index (χ0n) is 11.1. The van der Waals surface area contributed by atoms with E-state index >= 15 is 0 Å². The van der Waals surface area contributed by atoms with Crippen molar-refractivity contribution in [2.24, 2.45) is 0 Å². The van der Waals surface area contributed by atoms with Crippen molar-refractivity contribution in [3.05, 3.63) is 30.1 Å². The van der Waals surface area contributed by atoms with Crippen LogP contribution in [-0.2, 0) is 0 Å². The van der Waals surface area contributed by atoms with Gasteiger partial charge in [0, 0.05) is 5.56 Å². The Morgan fingerprint density at radius 1 is 1.29 bits per heavy atom. The SMILES string of the molecule is CCCC(O)c1noc(-c2ccc(OC(F)(F)F)cc2)n1. The minimum absolute atomic E-state index is 0.124. The van der Waals surface area contributed by atoms with Crippen molar-refractivity contribution in [1.29, 1.82) is 0 Å². The average molecular weight is 302 g/mol. The van der Waals surface area contributed by atoms with E-state index in [0.717, 1.165) is 18.6 Å². The molecule has 0 saturated heterocycles. The number of benzene rings is 1. The van der Waals surface area contributed by atoms with Crippen LogP contribution in [0.1, 0.15) is 31.7 Å². The van der Waals surface area contributed by atoms with Gasteiger partial charge >= 0.3 is 6.36 Å². The van der Waals surface area contributed by atoms with Crippen LogP contribution in [-0.4, -0.2) is 21.6 Å². The van der Waals surface area contributed by atoms with Crippen molar-refractivity contribution < 1.29 is 27.5 Å². The molecule has 0 bridgehead atoms. The topological polar surface area (TPSA) is 68.4 Å². The van der Waals surface area contributed by atoms with Crippen LogP contribution in [0.4, 0.5) is 13.2 Å². The van der Waals surface area contributed by atoms with Crippen LogP contribution in [0, 0.1) is 0 Å². The predicted molar refractivity (Wildman–Crippen MR) is 66.3 cm³/mol. The molecule has 114 valence electrons. The fraction of sp³-hybridized carbons (Fsp3) is 0.385. The first-order valence-electron chi connectivity index (χ1n) is 6.27. The maximum absolute atomic E-state index is 12.0. The van der Waals surface area contributed by atoms with Gasteiger partial charge in [-0.1, -0.05) is 18.5 Å². The van der Waals surface area contributed by atoms with Gasteiger partial charge in [0.05, 0.1) is 0 Å². The summed E-state index contributed by atoms with van der Waals surface area (Å²) in [6, 6.07) is 5.03. The minimum Gasteiger partial charge on any atom is -0.406 e. The van der Waals surface area contributed by atoms with Crippen LogP contribution in [0.25, 0.3) is 11.5 Å². The highest BCUT2D eigenvalue weighted by Crippen LogP contribution is 2.26. The van der Waals surface area contributed by atoms with E-state index in [1.165, 1.54) is 12.1 Å². The third-order valence-corrected chi connectivity index (χ3v) is 2.64. The predicted octanol–water partition coefficient (Wildman–Crippen LogP) is 3.47. The molecule has 1 N–H and O–H groups in total. The molecule has 1 aromatic heterocycles. The standard InChI is InChI=1S/C13H13F3N2O3/c1-2-3-10(19)11-17-12(21-18-11)8-4-6-9(7-5-8)20-13(14,15)16/h4-7,10,19H,2-3H2,1H3. The van der Waals surface area contributed by atoms with Gasteiger partial charge in [-0.2, -0.15) is 4.98 Å². The summed E-state index contributed by atoms with van der Waals surface area (Å²) in [6.45, 7) is 1.91. The number of rotatable bonds is 5. The van der Waals surface area contributed by atoms with Crippen LogP contribution < -0.4 is 4.74 Å². The van der Waals surface area contributed by atoms with Gasteiger partial charge in [0.2, 0.25) is 5.82 Å². The van der Waals surface area contributed by atoms with Crippen LogP contribution in [0.15, 0.2) is 28.8 Å². The molecule has 2 aromatic rings. The molecule has 1 unspecified atom stereocenters. The molecule has 0 aliphatic rings. The Morgan fingerprint density at radius 2 is 1.95 bits per heavy atom. The Labute approximate surface area is 118 Å². The van der Waals surface area contributed by atoms with Gasteiger partial charge < -0.3 is 14.4 Å². The van der Waals surface area contributed by atoms with E-state index in [2.05, 4.69) is 14.9 Å². The number of aliphatic hydroxyl groups is 1. The molecule has 1 heterocycles. The molecule has 2 rings (SSSR count). The van der Waals surface area contributed by atoms with Gasteiger partial charge in [0.1, 0.15) is 11.9 Å². The summed E-state index contributed by atoms with van der Waals surface area (Å²) in [5.74, 6) is -0.0572. The van der Waals surface area contributed by atoms with Gasteiger partial charge in [-0.25, -0.2) is 0 Å². The van der Waals surface area contributed by atoms with Crippen molar-refractivity contribution in [1.82, 2.24) is 10.1 Å². The number of ether oxygens (including phenoxy) is 1. The monoisotopic (exact) mass is 302 g/mol. The van der Waals surface area contributed by atoms with Crippen molar-refractivity contribution in [3.63, 3.8) is 0 Å². The summed E-state index contributed by atoms with van der Waals surface area (Å²) >= 11 is 0. The second-order valence-corrected chi connectivity index (χ2v) is 4.33. The Balaban J connectivity index is 2.12. The lowest BCUT2D eigenvalue weighted by Crippen LogP contribution is -2.16. The van der Waals surface area contributed by atoms with E-state index in [4.69, 9.17) is 4.52 Å². The molecule has 0 radical (unpaired) electrons. The zero-order chi connectivity index (χ0) is 15.5. The van der Waals surface area contributed by atoms with Gasteiger partial charge in [-0.15, -0.1) is 13.2 Å². The second kappa shape index (κ2) is 6.13. The summed E-state index contributed by atoms with van der Waals surface area (Å²) in [5.41, 5.74) is 0.437. The van der Waals surface area contributed by atoms with Crippen LogP contribution in [0.3, 0.4) is 0 Å². The molecular formula is C13H13F3N2O3. The fourth-order valence-corrected chi connectivity index (χ4v) is 1.69. The van der Waals surface area contributed by atoms with Gasteiger partial charge in [-0.05, 0) is 30.7 Å². The molecule has 0 fully saturated rings. The third-order valence-electron chi connectivity index (χ3n) is 2.64. The summed E-state index contributed by atoms with van der Waals surface area (Å²) < 4.78 is 44.9. The van der Waals surface area contributed by atoms with E-state index in [0.29, 0.717) is 12.0 Å². The number of hydrogen-bond acceptors (Lipinski definition) is 5. The van der Waals surface area contributed by atoms with E-state index in [9.17, 15) is 18.3 Å². The molecule has 8 heteroatoms.